The van der Waals surface area contributed by atoms with Crippen molar-refractivity contribution in [3.8, 4) is 6.07 Å². The molecule has 13 heteroatoms. The maximum Gasteiger partial charge on any atom is 0.460 e. The highest BCUT2D eigenvalue weighted by Gasteiger charge is 2.87. The maximum absolute atomic E-state index is 14.6. The van der Waals surface area contributed by atoms with Crippen LogP contribution in [0.1, 0.15) is 38.2 Å². The molecule has 0 heterocycles. The lowest BCUT2D eigenvalue weighted by atomic mass is 9.73. The van der Waals surface area contributed by atoms with Gasteiger partial charge in [-0.15, -0.1) is 0 Å². The van der Waals surface area contributed by atoms with Gasteiger partial charge < -0.3 is 0 Å². The summed E-state index contributed by atoms with van der Waals surface area (Å²) in [6.45, 7) is 2.68. The van der Waals surface area contributed by atoms with Gasteiger partial charge in [-0.05, 0) is 25.8 Å². The Morgan fingerprint density at radius 3 is 1.84 bits per heavy atom. The van der Waals surface area contributed by atoms with Crippen molar-refractivity contribution < 1.29 is 47.9 Å². The summed E-state index contributed by atoms with van der Waals surface area (Å²) in [5.74, 6) is -16.5. The third-order valence-corrected chi connectivity index (χ3v) is 8.06. The summed E-state index contributed by atoms with van der Waals surface area (Å²) in [7, 11) is -6.99. The molecular formula is C19H16F9NO2S. The van der Waals surface area contributed by atoms with Crippen molar-refractivity contribution in [3.05, 3.63) is 47.0 Å². The summed E-state index contributed by atoms with van der Waals surface area (Å²) in [6, 6.07) is 7.58. The van der Waals surface area contributed by atoms with Crippen LogP contribution in [0.4, 0.5) is 39.5 Å². The van der Waals surface area contributed by atoms with E-state index in [0.717, 1.165) is 6.07 Å². The van der Waals surface area contributed by atoms with E-state index in [0.29, 0.717) is 5.57 Å². The van der Waals surface area contributed by atoms with Gasteiger partial charge in [-0.1, -0.05) is 41.5 Å². The summed E-state index contributed by atoms with van der Waals surface area (Å²) < 4.78 is 144. The van der Waals surface area contributed by atoms with Crippen molar-refractivity contribution in [1.82, 2.24) is 0 Å². The van der Waals surface area contributed by atoms with Crippen LogP contribution < -0.4 is 0 Å². The molecule has 0 radical (unpaired) electrons. The van der Waals surface area contributed by atoms with Crippen molar-refractivity contribution in [2.45, 2.75) is 60.6 Å². The predicted molar refractivity (Wildman–Crippen MR) is 95.0 cm³/mol. The molecule has 0 aliphatic heterocycles. The number of rotatable bonds is 5. The summed E-state index contributed by atoms with van der Waals surface area (Å²) in [5, 5.41) is 2.73. The van der Waals surface area contributed by atoms with Crippen molar-refractivity contribution in [2.24, 2.45) is 0 Å². The Morgan fingerprint density at radius 1 is 0.906 bits per heavy atom. The lowest BCUT2D eigenvalue weighted by Crippen LogP contribution is -2.67. The van der Waals surface area contributed by atoms with Crippen molar-refractivity contribution >= 4 is 9.84 Å². The monoisotopic (exact) mass is 493 g/mol. The molecule has 0 bridgehead atoms. The molecule has 1 aromatic rings. The van der Waals surface area contributed by atoms with Crippen molar-refractivity contribution in [1.29, 1.82) is 5.26 Å². The minimum Gasteiger partial charge on any atom is -0.221 e. The van der Waals surface area contributed by atoms with Gasteiger partial charge in [0.2, 0.25) is 9.84 Å². The van der Waals surface area contributed by atoms with E-state index in [9.17, 15) is 53.2 Å². The highest BCUT2D eigenvalue weighted by molar-refractivity contribution is 7.94. The van der Waals surface area contributed by atoms with Crippen LogP contribution in [0.2, 0.25) is 0 Å². The summed E-state index contributed by atoms with van der Waals surface area (Å²) in [6.07, 6.45) is -8.67. The largest absolute Gasteiger partial charge is 0.460 e. The molecule has 0 fully saturated rings. The van der Waals surface area contributed by atoms with Crippen LogP contribution in [0.5, 0.6) is 0 Å². The first-order chi connectivity index (χ1) is 14.3. The Labute approximate surface area is 177 Å². The second kappa shape index (κ2) is 7.67. The average Bonchev–Trinajstić information content (AvgIpc) is 2.68. The Kier molecular flexibility index (Phi) is 6.24. The van der Waals surface area contributed by atoms with Gasteiger partial charge in [0.1, 0.15) is 0 Å². The molecule has 178 valence electrons. The van der Waals surface area contributed by atoms with Gasteiger partial charge in [-0.3, -0.25) is 0 Å². The maximum atomic E-state index is 14.6. The van der Waals surface area contributed by atoms with Crippen LogP contribution in [0.3, 0.4) is 0 Å². The molecule has 3 nitrogen and oxygen atoms in total. The van der Waals surface area contributed by atoms with E-state index in [4.69, 9.17) is 0 Å². The van der Waals surface area contributed by atoms with E-state index >= 15 is 0 Å². The fourth-order valence-corrected chi connectivity index (χ4v) is 5.65. The molecular weight excluding hydrogens is 477 g/mol. The molecule has 1 aliphatic rings. The molecule has 0 N–H and O–H groups in total. The van der Waals surface area contributed by atoms with Gasteiger partial charge in [-0.25, -0.2) is 8.42 Å². The molecule has 0 unspecified atom stereocenters. The number of benzene rings is 1. The van der Waals surface area contributed by atoms with Gasteiger partial charge in [0.15, 0.2) is 4.75 Å². The van der Waals surface area contributed by atoms with E-state index in [-0.39, 0.29) is 11.1 Å². The van der Waals surface area contributed by atoms with E-state index in [1.807, 2.05) is 0 Å². The molecule has 0 spiro atoms. The zero-order chi connectivity index (χ0) is 25.0. The fraction of sp³-hybridized carbons (Fsp3) is 0.526. The number of halogens is 9. The van der Waals surface area contributed by atoms with Crippen LogP contribution in [0.15, 0.2) is 41.5 Å². The number of sulfone groups is 1. The molecule has 2 rings (SSSR count). The van der Waals surface area contributed by atoms with Gasteiger partial charge in [0.05, 0.1) is 6.07 Å². The molecule has 0 amide bonds. The van der Waals surface area contributed by atoms with E-state index in [2.05, 4.69) is 0 Å². The Balaban J connectivity index is 2.84. The van der Waals surface area contributed by atoms with E-state index in [1.165, 1.54) is 44.2 Å². The Morgan fingerprint density at radius 2 is 1.41 bits per heavy atom. The number of hydrogen-bond donors (Lipinski definition) is 0. The highest BCUT2D eigenvalue weighted by atomic mass is 32.2. The third-order valence-electron chi connectivity index (χ3n) is 5.65. The summed E-state index contributed by atoms with van der Waals surface area (Å²) in [4.78, 5) is 0. The lowest BCUT2D eigenvalue weighted by molar-refractivity contribution is -0.382. The highest BCUT2D eigenvalue weighted by Crippen LogP contribution is 2.59. The van der Waals surface area contributed by atoms with Crippen LogP contribution in [0, 0.1) is 11.3 Å². The first kappa shape index (κ1) is 26.0. The van der Waals surface area contributed by atoms with Crippen LogP contribution >= 0.6 is 0 Å². The minimum absolute atomic E-state index is 0.0315. The Bertz CT molecular complexity index is 1060. The SMILES string of the molecule is CC1=C(C)C[C@](C#N)(S(=O)(=O)C(F)(F)C(F)(F)C(F)(F)C(F)(F)F)[C@@H](c2ccccc2)C1. The zero-order valence-electron chi connectivity index (χ0n) is 16.5. The number of hydrogen-bond acceptors (Lipinski definition) is 3. The average molecular weight is 493 g/mol. The third kappa shape index (κ3) is 3.38. The quantitative estimate of drug-likeness (QED) is 0.373. The molecule has 32 heavy (non-hydrogen) atoms. The predicted octanol–water partition coefficient (Wildman–Crippen LogP) is 6.00. The van der Waals surface area contributed by atoms with Crippen LogP contribution in [0.25, 0.3) is 0 Å². The van der Waals surface area contributed by atoms with Crippen molar-refractivity contribution in [2.75, 3.05) is 0 Å². The van der Waals surface area contributed by atoms with E-state index < -0.39 is 56.6 Å². The van der Waals surface area contributed by atoms with Gasteiger partial charge in [-0.2, -0.15) is 44.8 Å². The number of nitriles is 1. The number of nitrogens with zero attached hydrogens (tertiary/aromatic N) is 1. The molecule has 1 aromatic carbocycles. The molecule has 0 saturated carbocycles. The second-order valence-electron chi connectivity index (χ2n) is 7.57. The first-order valence-corrected chi connectivity index (χ1v) is 10.4. The summed E-state index contributed by atoms with van der Waals surface area (Å²) in [5.41, 5.74) is 0.394. The topological polar surface area (TPSA) is 57.9 Å². The second-order valence-corrected chi connectivity index (χ2v) is 9.82. The van der Waals surface area contributed by atoms with Crippen LogP contribution in [-0.4, -0.2) is 36.4 Å². The summed E-state index contributed by atoms with van der Waals surface area (Å²) >= 11 is 0. The van der Waals surface area contributed by atoms with Gasteiger partial charge in [0.25, 0.3) is 0 Å². The number of allylic oxidation sites excluding steroid dienone is 2. The fourth-order valence-electron chi connectivity index (χ4n) is 3.60. The molecule has 1 aliphatic carbocycles. The van der Waals surface area contributed by atoms with Crippen LogP contribution in [-0.2, 0) is 9.84 Å². The normalized spacial score (nSPS) is 23.8. The smallest absolute Gasteiger partial charge is 0.221 e. The van der Waals surface area contributed by atoms with E-state index in [1.54, 1.807) is 0 Å². The molecule has 0 saturated heterocycles. The zero-order valence-corrected chi connectivity index (χ0v) is 17.3. The molecule has 0 aromatic heterocycles. The van der Waals surface area contributed by atoms with Gasteiger partial charge >= 0.3 is 23.3 Å². The van der Waals surface area contributed by atoms with Gasteiger partial charge in [0, 0.05) is 12.3 Å². The van der Waals surface area contributed by atoms with Crippen molar-refractivity contribution in [3.63, 3.8) is 0 Å². The standard InChI is InChI=1S/C19H16F9NO2S/c1-11-8-14(13-6-4-3-5-7-13)15(10-29,9-12(11)2)32(30,31)19(27,28)17(22,23)16(20,21)18(24,25)26/h3-7,14H,8-9H2,1-2H3/t14-,15-/m1/s1. The molecule has 2 atom stereocenters. The minimum atomic E-state index is -7.40. The Hall–Kier alpha value is -2.23. The lowest BCUT2D eigenvalue weighted by Gasteiger charge is -2.43. The first-order valence-electron chi connectivity index (χ1n) is 8.87. The number of alkyl halides is 9.